The van der Waals surface area contributed by atoms with Crippen molar-refractivity contribution >= 4 is 5.78 Å². The minimum atomic E-state index is 0.135. The molecular weight excluding hydrogens is 200 g/mol. The summed E-state index contributed by atoms with van der Waals surface area (Å²) in [4.78, 5) is 12.3. The van der Waals surface area contributed by atoms with E-state index in [4.69, 9.17) is 0 Å². The van der Waals surface area contributed by atoms with E-state index in [1.54, 1.807) is 18.2 Å². The Balaban J connectivity index is 1.86. The lowest BCUT2D eigenvalue weighted by molar-refractivity contribution is 0.0872. The van der Waals surface area contributed by atoms with Gasteiger partial charge in [-0.1, -0.05) is 18.6 Å². The molecule has 0 amide bonds. The predicted octanol–water partition coefficient (Wildman–Crippen LogP) is 3.01. The van der Waals surface area contributed by atoms with E-state index in [-0.39, 0.29) is 17.5 Å². The number of benzene rings is 1. The molecule has 1 aromatic carbocycles. The molecule has 0 aliphatic heterocycles. The highest BCUT2D eigenvalue weighted by molar-refractivity contribution is 6.00. The van der Waals surface area contributed by atoms with Gasteiger partial charge in [0.2, 0.25) is 0 Å². The molecular formula is C14H16O2. The Labute approximate surface area is 95.3 Å². The predicted molar refractivity (Wildman–Crippen MR) is 61.4 cm³/mol. The number of phenols is 1. The minimum absolute atomic E-state index is 0.135. The second-order valence-corrected chi connectivity index (χ2v) is 5.16. The van der Waals surface area contributed by atoms with Crippen LogP contribution in [0.2, 0.25) is 0 Å². The molecule has 0 spiro atoms. The molecule has 3 rings (SSSR count). The Kier molecular flexibility index (Phi) is 2.23. The number of para-hydroxylation sites is 1. The van der Waals surface area contributed by atoms with Gasteiger partial charge in [0.1, 0.15) is 5.75 Å². The number of hydrogen-bond donors (Lipinski definition) is 1. The molecule has 2 aliphatic carbocycles. The molecule has 2 nitrogen and oxygen atoms in total. The molecule has 2 saturated carbocycles. The van der Waals surface area contributed by atoms with Gasteiger partial charge in [-0.3, -0.25) is 4.79 Å². The minimum Gasteiger partial charge on any atom is -0.507 e. The second kappa shape index (κ2) is 3.62. The molecule has 2 aliphatic rings. The molecule has 0 heterocycles. The lowest BCUT2D eigenvalue weighted by Gasteiger charge is -2.20. The molecule has 2 fully saturated rings. The number of carbonyl (C=O) groups is 1. The zero-order valence-electron chi connectivity index (χ0n) is 9.23. The molecule has 0 aromatic heterocycles. The summed E-state index contributed by atoms with van der Waals surface area (Å²) < 4.78 is 0. The van der Waals surface area contributed by atoms with Gasteiger partial charge in [0.05, 0.1) is 5.56 Å². The number of rotatable bonds is 2. The number of carbonyl (C=O) groups excluding carboxylic acids is 1. The van der Waals surface area contributed by atoms with Crippen molar-refractivity contribution in [3.05, 3.63) is 29.8 Å². The molecule has 2 heteroatoms. The highest BCUT2D eigenvalue weighted by atomic mass is 16.3. The van der Waals surface area contributed by atoms with E-state index in [0.717, 1.165) is 12.3 Å². The monoisotopic (exact) mass is 216 g/mol. The van der Waals surface area contributed by atoms with Gasteiger partial charge in [-0.25, -0.2) is 0 Å². The summed E-state index contributed by atoms with van der Waals surface area (Å²) in [7, 11) is 0. The largest absolute Gasteiger partial charge is 0.507 e. The zero-order valence-corrected chi connectivity index (χ0v) is 9.23. The van der Waals surface area contributed by atoms with E-state index in [2.05, 4.69) is 0 Å². The van der Waals surface area contributed by atoms with Crippen molar-refractivity contribution in [2.24, 2.45) is 17.8 Å². The first-order chi connectivity index (χ1) is 7.75. The summed E-state index contributed by atoms with van der Waals surface area (Å²) in [5, 5.41) is 9.69. The lowest BCUT2D eigenvalue weighted by atomic mass is 9.83. The van der Waals surface area contributed by atoms with E-state index >= 15 is 0 Å². The maximum absolute atomic E-state index is 12.3. The van der Waals surface area contributed by atoms with E-state index in [9.17, 15) is 9.90 Å². The standard InChI is InChI=1S/C14H16O2/c15-13-4-2-1-3-11(13)14(16)12-8-9-5-6-10(12)7-9/h1-4,9-10,12,15H,5-8H2/t9-,10+,12+/m1/s1. The maximum atomic E-state index is 12.3. The van der Waals surface area contributed by atoms with Gasteiger partial charge in [-0.2, -0.15) is 0 Å². The Hall–Kier alpha value is -1.31. The Morgan fingerprint density at radius 2 is 2.00 bits per heavy atom. The number of aromatic hydroxyl groups is 1. The van der Waals surface area contributed by atoms with Crippen LogP contribution in [-0.4, -0.2) is 10.9 Å². The Morgan fingerprint density at radius 3 is 2.62 bits per heavy atom. The third-order valence-corrected chi connectivity index (χ3v) is 4.24. The van der Waals surface area contributed by atoms with Crippen LogP contribution in [0.1, 0.15) is 36.0 Å². The van der Waals surface area contributed by atoms with Crippen molar-refractivity contribution in [3.63, 3.8) is 0 Å². The van der Waals surface area contributed by atoms with Crippen molar-refractivity contribution in [3.8, 4) is 5.75 Å². The van der Waals surface area contributed by atoms with Crippen LogP contribution in [0.3, 0.4) is 0 Å². The number of phenolic OH excluding ortho intramolecular Hbond substituents is 1. The average molecular weight is 216 g/mol. The lowest BCUT2D eigenvalue weighted by Crippen LogP contribution is -2.21. The summed E-state index contributed by atoms with van der Waals surface area (Å²) in [6.45, 7) is 0. The maximum Gasteiger partial charge on any atom is 0.169 e. The van der Waals surface area contributed by atoms with Crippen LogP contribution in [0.5, 0.6) is 5.75 Å². The van der Waals surface area contributed by atoms with Crippen LogP contribution in [0.25, 0.3) is 0 Å². The van der Waals surface area contributed by atoms with Crippen LogP contribution < -0.4 is 0 Å². The third-order valence-electron chi connectivity index (χ3n) is 4.24. The van der Waals surface area contributed by atoms with Crippen molar-refractivity contribution in [1.82, 2.24) is 0 Å². The fourth-order valence-corrected chi connectivity index (χ4v) is 3.45. The fraction of sp³-hybridized carbons (Fsp3) is 0.500. The quantitative estimate of drug-likeness (QED) is 0.771. The van der Waals surface area contributed by atoms with Crippen molar-refractivity contribution in [2.45, 2.75) is 25.7 Å². The molecule has 0 saturated heterocycles. The van der Waals surface area contributed by atoms with E-state index in [1.165, 1.54) is 19.3 Å². The van der Waals surface area contributed by atoms with Crippen molar-refractivity contribution < 1.29 is 9.90 Å². The molecule has 16 heavy (non-hydrogen) atoms. The van der Waals surface area contributed by atoms with Gasteiger partial charge < -0.3 is 5.11 Å². The van der Waals surface area contributed by atoms with Gasteiger partial charge in [0.15, 0.2) is 5.78 Å². The molecule has 0 unspecified atom stereocenters. The van der Waals surface area contributed by atoms with Crippen molar-refractivity contribution in [2.75, 3.05) is 0 Å². The van der Waals surface area contributed by atoms with Gasteiger partial charge in [0.25, 0.3) is 0 Å². The highest BCUT2D eigenvalue weighted by Crippen LogP contribution is 2.49. The summed E-state index contributed by atoms with van der Waals surface area (Å²) in [6.07, 6.45) is 4.77. The topological polar surface area (TPSA) is 37.3 Å². The van der Waals surface area contributed by atoms with Crippen molar-refractivity contribution in [1.29, 1.82) is 0 Å². The molecule has 1 aromatic rings. The summed E-state index contributed by atoms with van der Waals surface area (Å²) in [5.74, 6) is 1.81. The summed E-state index contributed by atoms with van der Waals surface area (Å²) in [5.41, 5.74) is 0.514. The first kappa shape index (κ1) is 9.88. The number of hydrogen-bond acceptors (Lipinski definition) is 2. The molecule has 1 N–H and O–H groups in total. The van der Waals surface area contributed by atoms with Gasteiger partial charge in [0, 0.05) is 5.92 Å². The van der Waals surface area contributed by atoms with Gasteiger partial charge in [-0.15, -0.1) is 0 Å². The normalized spacial score (nSPS) is 31.9. The SMILES string of the molecule is O=C(c1ccccc1O)[C@H]1C[C@@H]2CC[C@H]1C2. The summed E-state index contributed by atoms with van der Waals surface area (Å²) >= 11 is 0. The average Bonchev–Trinajstić information content (AvgIpc) is 2.90. The molecule has 2 bridgehead atoms. The van der Waals surface area contributed by atoms with Crippen LogP contribution in [-0.2, 0) is 0 Å². The van der Waals surface area contributed by atoms with E-state index < -0.39 is 0 Å². The second-order valence-electron chi connectivity index (χ2n) is 5.16. The van der Waals surface area contributed by atoms with Crippen LogP contribution in [0.15, 0.2) is 24.3 Å². The van der Waals surface area contributed by atoms with Gasteiger partial charge >= 0.3 is 0 Å². The number of fused-ring (bicyclic) bond motifs is 2. The fourth-order valence-electron chi connectivity index (χ4n) is 3.45. The van der Waals surface area contributed by atoms with Crippen LogP contribution in [0, 0.1) is 17.8 Å². The van der Waals surface area contributed by atoms with E-state index in [0.29, 0.717) is 11.5 Å². The van der Waals surface area contributed by atoms with Gasteiger partial charge in [-0.05, 0) is 43.2 Å². The zero-order chi connectivity index (χ0) is 11.1. The molecule has 3 atom stereocenters. The Bertz CT molecular complexity index is 424. The number of Topliss-reactive ketones (excluding diaryl/α,β-unsaturated/α-hetero) is 1. The van der Waals surface area contributed by atoms with Crippen LogP contribution >= 0.6 is 0 Å². The first-order valence-corrected chi connectivity index (χ1v) is 6.08. The van der Waals surface area contributed by atoms with E-state index in [1.807, 2.05) is 6.07 Å². The van der Waals surface area contributed by atoms with Crippen LogP contribution in [0.4, 0.5) is 0 Å². The first-order valence-electron chi connectivity index (χ1n) is 6.08. The molecule has 0 radical (unpaired) electrons. The smallest absolute Gasteiger partial charge is 0.169 e. The number of ketones is 1. The highest BCUT2D eigenvalue weighted by Gasteiger charge is 2.43. The Morgan fingerprint density at radius 1 is 1.19 bits per heavy atom. The summed E-state index contributed by atoms with van der Waals surface area (Å²) in [6, 6.07) is 6.91. The third kappa shape index (κ3) is 1.44. The molecule has 84 valence electrons.